The molecule has 1 aromatic carbocycles. The van der Waals surface area contributed by atoms with Crippen molar-refractivity contribution >= 4 is 17.8 Å². The average molecular weight is 288 g/mol. The van der Waals surface area contributed by atoms with Gasteiger partial charge in [-0.05, 0) is 18.2 Å². The smallest absolute Gasteiger partial charge is 0.310 e. The highest BCUT2D eigenvalue weighted by Crippen LogP contribution is 2.25. The molecule has 8 heteroatoms. The monoisotopic (exact) mass is 288 g/mol. The zero-order chi connectivity index (χ0) is 15.1. The number of rotatable bonds is 6. The highest BCUT2D eigenvalue weighted by atomic mass is 16.6. The van der Waals surface area contributed by atoms with Crippen LogP contribution in [0.4, 0.5) is 5.69 Å². The summed E-state index contributed by atoms with van der Waals surface area (Å²) in [6.45, 7) is -0.368. The van der Waals surface area contributed by atoms with Crippen molar-refractivity contribution in [2.75, 3.05) is 6.61 Å². The number of amides is 1. The molecule has 0 fully saturated rings. The minimum absolute atomic E-state index is 0.0333. The number of aromatic amines is 1. The first-order valence-corrected chi connectivity index (χ1v) is 5.98. The van der Waals surface area contributed by atoms with Crippen molar-refractivity contribution in [3.05, 3.63) is 58.4 Å². The Balaban J connectivity index is 1.85. The van der Waals surface area contributed by atoms with Crippen molar-refractivity contribution in [1.82, 2.24) is 10.4 Å². The Labute approximate surface area is 119 Å². The van der Waals surface area contributed by atoms with Crippen molar-refractivity contribution in [2.24, 2.45) is 5.10 Å². The fraction of sp³-hybridized carbons (Fsp3) is 0.0769. The van der Waals surface area contributed by atoms with Crippen molar-refractivity contribution in [3.63, 3.8) is 0 Å². The van der Waals surface area contributed by atoms with Crippen molar-refractivity contribution in [2.45, 2.75) is 0 Å². The van der Waals surface area contributed by atoms with Crippen LogP contribution in [0.25, 0.3) is 0 Å². The second-order valence-electron chi connectivity index (χ2n) is 3.93. The average Bonchev–Trinajstić information content (AvgIpc) is 2.98. The minimum Gasteiger partial charge on any atom is -0.477 e. The standard InChI is InChI=1S/C13H12N4O4/c18-13(16-15-8-10-4-3-7-14-10)9-21-12-6-2-1-5-11(12)17(19)20/h1-8,14H,9H2,(H,16,18)/b15-8+. The lowest BCUT2D eigenvalue weighted by atomic mass is 10.3. The summed E-state index contributed by atoms with van der Waals surface area (Å²) >= 11 is 0. The van der Waals surface area contributed by atoms with Crippen LogP contribution in [0.2, 0.25) is 0 Å². The molecule has 0 spiro atoms. The molecule has 0 bridgehead atoms. The number of hydrogen-bond donors (Lipinski definition) is 2. The molecule has 1 amide bonds. The molecule has 2 rings (SSSR count). The molecule has 0 atom stereocenters. The van der Waals surface area contributed by atoms with Gasteiger partial charge in [-0.1, -0.05) is 12.1 Å². The normalized spacial score (nSPS) is 10.5. The van der Waals surface area contributed by atoms with E-state index in [1.807, 2.05) is 0 Å². The summed E-state index contributed by atoms with van der Waals surface area (Å²) in [6.07, 6.45) is 3.16. The Hall–Kier alpha value is -3.16. The van der Waals surface area contributed by atoms with Crippen LogP contribution in [0.5, 0.6) is 5.75 Å². The van der Waals surface area contributed by atoms with Gasteiger partial charge in [0.1, 0.15) is 0 Å². The number of carbonyl (C=O) groups is 1. The fourth-order valence-electron chi connectivity index (χ4n) is 1.50. The second kappa shape index (κ2) is 6.85. The van der Waals surface area contributed by atoms with Gasteiger partial charge in [-0.3, -0.25) is 14.9 Å². The van der Waals surface area contributed by atoms with Gasteiger partial charge in [0.2, 0.25) is 0 Å². The number of nitro groups is 1. The van der Waals surface area contributed by atoms with Gasteiger partial charge in [0, 0.05) is 12.3 Å². The molecule has 2 N–H and O–H groups in total. The molecule has 2 aromatic rings. The van der Waals surface area contributed by atoms with E-state index in [1.54, 1.807) is 24.4 Å². The molecule has 0 aliphatic heterocycles. The summed E-state index contributed by atoms with van der Waals surface area (Å²) in [5.74, 6) is -0.484. The van der Waals surface area contributed by atoms with Gasteiger partial charge in [0.05, 0.1) is 16.8 Å². The molecule has 0 aliphatic rings. The van der Waals surface area contributed by atoms with Crippen LogP contribution in [-0.2, 0) is 4.79 Å². The van der Waals surface area contributed by atoms with E-state index in [2.05, 4.69) is 15.5 Å². The third kappa shape index (κ3) is 4.16. The second-order valence-corrected chi connectivity index (χ2v) is 3.93. The minimum atomic E-state index is -0.573. The highest BCUT2D eigenvalue weighted by Gasteiger charge is 2.14. The maximum Gasteiger partial charge on any atom is 0.310 e. The van der Waals surface area contributed by atoms with E-state index in [9.17, 15) is 14.9 Å². The van der Waals surface area contributed by atoms with Gasteiger partial charge in [-0.25, -0.2) is 5.43 Å². The van der Waals surface area contributed by atoms with Crippen molar-refractivity contribution < 1.29 is 14.5 Å². The number of hydrazone groups is 1. The molecule has 8 nitrogen and oxygen atoms in total. The highest BCUT2D eigenvalue weighted by molar-refractivity contribution is 5.81. The fourth-order valence-corrected chi connectivity index (χ4v) is 1.50. The van der Waals surface area contributed by atoms with Crippen LogP contribution in [0.3, 0.4) is 0 Å². The summed E-state index contributed by atoms with van der Waals surface area (Å²) < 4.78 is 5.11. The molecule has 0 saturated carbocycles. The van der Waals surface area contributed by atoms with Gasteiger partial charge in [-0.2, -0.15) is 5.10 Å². The molecule has 1 heterocycles. The molecule has 0 aliphatic carbocycles. The van der Waals surface area contributed by atoms with Crippen LogP contribution < -0.4 is 10.2 Å². The molecule has 1 aromatic heterocycles. The summed E-state index contributed by atoms with van der Waals surface area (Å²) in [5, 5.41) is 14.5. The third-order valence-corrected chi connectivity index (χ3v) is 2.44. The topological polar surface area (TPSA) is 110 Å². The summed E-state index contributed by atoms with van der Waals surface area (Å²) in [4.78, 5) is 24.6. The number of para-hydroxylation sites is 2. The summed E-state index contributed by atoms with van der Waals surface area (Å²) in [6, 6.07) is 9.40. The summed E-state index contributed by atoms with van der Waals surface area (Å²) in [5.41, 5.74) is 2.79. The summed E-state index contributed by atoms with van der Waals surface area (Å²) in [7, 11) is 0. The first-order valence-electron chi connectivity index (χ1n) is 5.98. The predicted octanol–water partition coefficient (Wildman–Crippen LogP) is 1.45. The van der Waals surface area contributed by atoms with Gasteiger partial charge >= 0.3 is 5.69 Å². The van der Waals surface area contributed by atoms with E-state index < -0.39 is 10.8 Å². The van der Waals surface area contributed by atoms with Crippen LogP contribution in [0.1, 0.15) is 5.69 Å². The van der Waals surface area contributed by atoms with Crippen LogP contribution in [-0.4, -0.2) is 28.6 Å². The molecule has 0 radical (unpaired) electrons. The van der Waals surface area contributed by atoms with E-state index in [0.717, 1.165) is 5.69 Å². The number of H-pyrrole nitrogens is 1. The number of ether oxygens (including phenoxy) is 1. The molecule has 0 saturated heterocycles. The Morgan fingerprint density at radius 3 is 2.90 bits per heavy atom. The van der Waals surface area contributed by atoms with Gasteiger partial charge in [0.25, 0.3) is 5.91 Å². The maximum atomic E-state index is 11.5. The zero-order valence-corrected chi connectivity index (χ0v) is 10.9. The van der Waals surface area contributed by atoms with Crippen LogP contribution >= 0.6 is 0 Å². The van der Waals surface area contributed by atoms with E-state index in [1.165, 1.54) is 24.4 Å². The number of nitro benzene ring substituents is 1. The Morgan fingerprint density at radius 2 is 2.19 bits per heavy atom. The molecular formula is C13H12N4O4. The first-order chi connectivity index (χ1) is 10.2. The lowest BCUT2D eigenvalue weighted by molar-refractivity contribution is -0.385. The van der Waals surface area contributed by atoms with Crippen molar-refractivity contribution in [3.8, 4) is 5.75 Å². The molecular weight excluding hydrogens is 276 g/mol. The first kappa shape index (κ1) is 14.3. The Kier molecular flexibility index (Phi) is 4.65. The van der Waals surface area contributed by atoms with Crippen molar-refractivity contribution in [1.29, 1.82) is 0 Å². The number of hydrogen-bond acceptors (Lipinski definition) is 5. The molecule has 0 unspecified atom stereocenters. The molecule has 108 valence electrons. The lowest BCUT2D eigenvalue weighted by Gasteiger charge is -2.05. The predicted molar refractivity (Wildman–Crippen MR) is 75.1 cm³/mol. The Morgan fingerprint density at radius 1 is 1.38 bits per heavy atom. The number of nitrogens with one attached hydrogen (secondary N) is 2. The van der Waals surface area contributed by atoms with E-state index in [4.69, 9.17) is 4.74 Å². The quantitative estimate of drug-likeness (QED) is 0.476. The zero-order valence-electron chi connectivity index (χ0n) is 10.9. The number of benzene rings is 1. The number of carbonyl (C=O) groups excluding carboxylic acids is 1. The largest absolute Gasteiger partial charge is 0.477 e. The number of aromatic nitrogens is 1. The van der Waals surface area contributed by atoms with E-state index >= 15 is 0 Å². The Bertz CT molecular complexity index is 652. The van der Waals surface area contributed by atoms with Gasteiger partial charge < -0.3 is 9.72 Å². The third-order valence-electron chi connectivity index (χ3n) is 2.44. The van der Waals surface area contributed by atoms with Crippen LogP contribution in [0.15, 0.2) is 47.7 Å². The lowest BCUT2D eigenvalue weighted by Crippen LogP contribution is -2.24. The molecule has 21 heavy (non-hydrogen) atoms. The number of nitrogens with zero attached hydrogens (tertiary/aromatic N) is 2. The maximum absolute atomic E-state index is 11.5. The van der Waals surface area contributed by atoms with Gasteiger partial charge in [-0.15, -0.1) is 0 Å². The van der Waals surface area contributed by atoms with E-state index in [-0.39, 0.29) is 18.0 Å². The van der Waals surface area contributed by atoms with E-state index in [0.29, 0.717) is 0 Å². The SMILES string of the molecule is O=C(COc1ccccc1[N+](=O)[O-])N/N=C/c1ccc[nH]1. The van der Waals surface area contributed by atoms with Gasteiger partial charge in [0.15, 0.2) is 12.4 Å². The van der Waals surface area contributed by atoms with Crippen LogP contribution in [0, 0.1) is 10.1 Å².